The van der Waals surface area contributed by atoms with Crippen LogP contribution in [0.1, 0.15) is 6.92 Å². The molecule has 5 nitrogen and oxygen atoms in total. The average molecular weight is 221 g/mol. The molecule has 0 aliphatic carbocycles. The number of hydrogen-bond acceptors (Lipinski definition) is 3. The quantitative estimate of drug-likeness (QED) is 0.715. The second-order valence-electron chi connectivity index (χ2n) is 3.77. The van der Waals surface area contributed by atoms with Gasteiger partial charge in [0, 0.05) is 7.05 Å². The van der Waals surface area contributed by atoms with E-state index in [-0.39, 0.29) is 0 Å². The number of ether oxygens (including phenoxy) is 1. The number of carbonyl (C=O) groups is 2. The summed E-state index contributed by atoms with van der Waals surface area (Å²) < 4.78 is 5.27. The van der Waals surface area contributed by atoms with Crippen LogP contribution in [0, 0.1) is 0 Å². The summed E-state index contributed by atoms with van der Waals surface area (Å²) in [5, 5.41) is 9.04. The number of carboxylic acids is 1. The molecule has 84 valence electrons. The van der Waals surface area contributed by atoms with Crippen molar-refractivity contribution >= 4 is 17.6 Å². The van der Waals surface area contributed by atoms with Gasteiger partial charge in [0.25, 0.3) is 11.5 Å². The third kappa shape index (κ3) is 1.25. The van der Waals surface area contributed by atoms with Crippen molar-refractivity contribution in [2.24, 2.45) is 0 Å². The molecule has 1 aliphatic heterocycles. The van der Waals surface area contributed by atoms with Crippen molar-refractivity contribution in [3.05, 3.63) is 24.3 Å². The third-order valence-corrected chi connectivity index (χ3v) is 2.66. The number of carbonyl (C=O) groups excluding carboxylic acids is 1. The molecule has 0 unspecified atom stereocenters. The highest BCUT2D eigenvalue weighted by Gasteiger charge is 2.49. The summed E-state index contributed by atoms with van der Waals surface area (Å²) in [7, 11) is 1.53. The Balaban J connectivity index is 2.55. The molecular weight excluding hydrogens is 210 g/mol. The van der Waals surface area contributed by atoms with Crippen LogP contribution in [-0.4, -0.2) is 29.6 Å². The van der Waals surface area contributed by atoms with Gasteiger partial charge in [-0.25, -0.2) is 4.79 Å². The number of fused-ring (bicyclic) bond motifs is 1. The molecule has 1 amide bonds. The maximum atomic E-state index is 11.9. The zero-order chi connectivity index (χ0) is 11.9. The van der Waals surface area contributed by atoms with Crippen LogP contribution < -0.4 is 9.64 Å². The van der Waals surface area contributed by atoms with Gasteiger partial charge in [-0.3, -0.25) is 4.79 Å². The highest BCUT2D eigenvalue weighted by molar-refractivity contribution is 6.14. The van der Waals surface area contributed by atoms with Crippen LogP contribution in [0.4, 0.5) is 5.69 Å². The van der Waals surface area contributed by atoms with E-state index in [2.05, 4.69) is 0 Å². The molecule has 1 N–H and O–H groups in total. The Morgan fingerprint density at radius 2 is 2.06 bits per heavy atom. The van der Waals surface area contributed by atoms with Gasteiger partial charge < -0.3 is 14.7 Å². The minimum atomic E-state index is -1.84. The largest absolute Gasteiger partial charge is 0.478 e. The summed E-state index contributed by atoms with van der Waals surface area (Å²) in [5.74, 6) is -1.48. The van der Waals surface area contributed by atoms with Crippen molar-refractivity contribution in [3.63, 3.8) is 0 Å². The van der Waals surface area contributed by atoms with Crippen molar-refractivity contribution in [2.75, 3.05) is 11.9 Å². The van der Waals surface area contributed by atoms with Gasteiger partial charge in [0.05, 0.1) is 5.69 Å². The first-order chi connectivity index (χ1) is 7.47. The van der Waals surface area contributed by atoms with Gasteiger partial charge in [0.15, 0.2) is 0 Å². The molecule has 0 saturated heterocycles. The number of benzene rings is 1. The van der Waals surface area contributed by atoms with Crippen LogP contribution >= 0.6 is 0 Å². The molecule has 0 bridgehead atoms. The highest BCUT2D eigenvalue weighted by Crippen LogP contribution is 2.36. The summed E-state index contributed by atoms with van der Waals surface area (Å²) in [4.78, 5) is 24.2. The number of hydrogen-bond donors (Lipinski definition) is 1. The van der Waals surface area contributed by atoms with Crippen molar-refractivity contribution in [1.82, 2.24) is 0 Å². The molecule has 0 radical (unpaired) electrons. The topological polar surface area (TPSA) is 66.8 Å². The van der Waals surface area contributed by atoms with E-state index >= 15 is 0 Å². The summed E-state index contributed by atoms with van der Waals surface area (Å²) in [6.07, 6.45) is 0. The van der Waals surface area contributed by atoms with Crippen molar-refractivity contribution in [3.8, 4) is 5.75 Å². The number of amides is 1. The molecule has 1 aromatic carbocycles. The monoisotopic (exact) mass is 221 g/mol. The molecule has 0 saturated carbocycles. The van der Waals surface area contributed by atoms with Gasteiger partial charge in [-0.05, 0) is 19.1 Å². The minimum Gasteiger partial charge on any atom is -0.478 e. The number of aliphatic carboxylic acids is 1. The van der Waals surface area contributed by atoms with Crippen molar-refractivity contribution in [1.29, 1.82) is 0 Å². The fourth-order valence-corrected chi connectivity index (χ4v) is 1.65. The van der Waals surface area contributed by atoms with Crippen molar-refractivity contribution < 1.29 is 19.4 Å². The predicted molar refractivity (Wildman–Crippen MR) is 56.5 cm³/mol. The Morgan fingerprint density at radius 1 is 1.44 bits per heavy atom. The molecule has 1 aromatic rings. The molecular formula is C11H11NO4. The Hall–Kier alpha value is -2.04. The van der Waals surface area contributed by atoms with E-state index in [9.17, 15) is 9.59 Å². The first kappa shape index (κ1) is 10.5. The van der Waals surface area contributed by atoms with Gasteiger partial charge in [0.1, 0.15) is 5.75 Å². The zero-order valence-corrected chi connectivity index (χ0v) is 8.93. The summed E-state index contributed by atoms with van der Waals surface area (Å²) >= 11 is 0. The number of para-hydroxylation sites is 2. The number of rotatable bonds is 1. The van der Waals surface area contributed by atoms with Crippen LogP contribution in [0.15, 0.2) is 24.3 Å². The second kappa shape index (κ2) is 3.23. The Labute approximate surface area is 92.2 Å². The summed E-state index contributed by atoms with van der Waals surface area (Å²) in [6.45, 7) is 1.25. The fraction of sp³-hybridized carbons (Fsp3) is 0.273. The van der Waals surface area contributed by atoms with Crippen LogP contribution in [0.2, 0.25) is 0 Å². The first-order valence-corrected chi connectivity index (χ1v) is 4.76. The van der Waals surface area contributed by atoms with E-state index in [1.54, 1.807) is 24.3 Å². The lowest BCUT2D eigenvalue weighted by molar-refractivity contribution is -0.160. The van der Waals surface area contributed by atoms with Crippen LogP contribution in [-0.2, 0) is 9.59 Å². The number of anilines is 1. The Bertz CT molecular complexity index is 471. The molecule has 1 heterocycles. The average Bonchev–Trinajstić information content (AvgIpc) is 2.26. The summed E-state index contributed by atoms with van der Waals surface area (Å²) in [6, 6.07) is 6.83. The Kier molecular flexibility index (Phi) is 2.11. The molecule has 0 spiro atoms. The molecule has 1 aliphatic rings. The molecule has 5 heteroatoms. The standard InChI is InChI=1S/C11H11NO4/c1-11(10(14)15)9(13)12(2)7-5-3-4-6-8(7)16-11/h3-6H,1-2H3,(H,14,15)/t11-/m0/s1. The van der Waals surface area contributed by atoms with Crippen LogP contribution in [0.25, 0.3) is 0 Å². The zero-order valence-electron chi connectivity index (χ0n) is 8.93. The molecule has 16 heavy (non-hydrogen) atoms. The van der Waals surface area contributed by atoms with Gasteiger partial charge >= 0.3 is 5.97 Å². The van der Waals surface area contributed by atoms with E-state index in [1.807, 2.05) is 0 Å². The molecule has 2 rings (SSSR count). The smallest absolute Gasteiger partial charge is 0.357 e. The maximum absolute atomic E-state index is 11.9. The third-order valence-electron chi connectivity index (χ3n) is 2.66. The number of nitrogens with zero attached hydrogens (tertiary/aromatic N) is 1. The van der Waals surface area contributed by atoms with Crippen LogP contribution in [0.5, 0.6) is 5.75 Å². The summed E-state index contributed by atoms with van der Waals surface area (Å²) in [5.41, 5.74) is -1.27. The number of likely N-dealkylation sites (N-methyl/N-ethyl adjacent to an activating group) is 1. The lowest BCUT2D eigenvalue weighted by atomic mass is 10.0. The molecule has 0 fully saturated rings. The van der Waals surface area contributed by atoms with Gasteiger partial charge in [-0.15, -0.1) is 0 Å². The fourth-order valence-electron chi connectivity index (χ4n) is 1.65. The first-order valence-electron chi connectivity index (χ1n) is 4.76. The van der Waals surface area contributed by atoms with E-state index < -0.39 is 17.5 Å². The maximum Gasteiger partial charge on any atom is 0.357 e. The molecule has 1 atom stereocenters. The van der Waals surface area contributed by atoms with Gasteiger partial charge in [0.2, 0.25) is 0 Å². The van der Waals surface area contributed by atoms with E-state index in [0.717, 1.165) is 0 Å². The predicted octanol–water partition coefficient (Wildman–Crippen LogP) is 0.885. The SMILES string of the molecule is CN1C(=O)[C@@](C)(C(=O)O)Oc2ccccc21. The second-order valence-corrected chi connectivity index (χ2v) is 3.77. The van der Waals surface area contributed by atoms with Gasteiger partial charge in [-0.2, -0.15) is 0 Å². The lowest BCUT2D eigenvalue weighted by Gasteiger charge is -2.36. The van der Waals surface area contributed by atoms with E-state index in [4.69, 9.17) is 9.84 Å². The lowest BCUT2D eigenvalue weighted by Crippen LogP contribution is -2.57. The molecule has 0 aromatic heterocycles. The number of carboxylic acid groups (broad SMARTS) is 1. The Morgan fingerprint density at radius 3 is 2.69 bits per heavy atom. The normalized spacial score (nSPS) is 23.6. The van der Waals surface area contributed by atoms with Crippen LogP contribution in [0.3, 0.4) is 0 Å². The van der Waals surface area contributed by atoms with E-state index in [1.165, 1.54) is 18.9 Å². The van der Waals surface area contributed by atoms with Crippen molar-refractivity contribution in [2.45, 2.75) is 12.5 Å². The van der Waals surface area contributed by atoms with E-state index in [0.29, 0.717) is 11.4 Å². The highest BCUT2D eigenvalue weighted by atomic mass is 16.5. The minimum absolute atomic E-state index is 0.398. The van der Waals surface area contributed by atoms with Gasteiger partial charge in [-0.1, -0.05) is 12.1 Å².